The van der Waals surface area contributed by atoms with Gasteiger partial charge in [0.05, 0.1) is 7.11 Å². The monoisotopic (exact) mass is 310 g/mol. The van der Waals surface area contributed by atoms with Crippen molar-refractivity contribution in [3.8, 4) is 0 Å². The highest BCUT2D eigenvalue weighted by Gasteiger charge is 2.30. The lowest BCUT2D eigenvalue weighted by Crippen LogP contribution is -2.26. The third-order valence-electron chi connectivity index (χ3n) is 3.51. The molecule has 0 unspecified atom stereocenters. The molecule has 0 bridgehead atoms. The van der Waals surface area contributed by atoms with Gasteiger partial charge in [-0.15, -0.1) is 0 Å². The molecule has 0 saturated carbocycles. The number of aldehydes is 1. The quantitative estimate of drug-likeness (QED) is 0.441. The van der Waals surface area contributed by atoms with Gasteiger partial charge in [-0.25, -0.2) is 4.79 Å². The van der Waals surface area contributed by atoms with Crippen LogP contribution in [0.25, 0.3) is 0 Å². The van der Waals surface area contributed by atoms with E-state index in [0.717, 1.165) is 19.0 Å². The predicted molar refractivity (Wildman–Crippen MR) is 80.2 cm³/mol. The number of benzene rings is 1. The molecule has 1 rings (SSSR count). The highest BCUT2D eigenvalue weighted by atomic mass is 35.5. The minimum atomic E-state index is -0.887. The van der Waals surface area contributed by atoms with E-state index in [1.54, 1.807) is 24.3 Å². The highest BCUT2D eigenvalue weighted by Crippen LogP contribution is 2.33. The number of esters is 1. The van der Waals surface area contributed by atoms with Crippen molar-refractivity contribution in [2.24, 2.45) is 11.8 Å². The molecule has 5 heteroatoms. The van der Waals surface area contributed by atoms with E-state index in [0.29, 0.717) is 5.02 Å². The van der Waals surface area contributed by atoms with Crippen molar-refractivity contribution in [2.75, 3.05) is 7.11 Å². The van der Waals surface area contributed by atoms with Crippen molar-refractivity contribution >= 4 is 29.6 Å². The topological polar surface area (TPSA) is 60.4 Å². The average molecular weight is 311 g/mol. The molecule has 21 heavy (non-hydrogen) atoms. The standard InChI is InChI=1S/C16H19ClO4/c1-10(2)14(9-18)13(8-15(19)16(20)21-3)11-4-6-12(17)7-5-11/h4-7,9-10,13-14H,8H2,1-3H3/t13-,14-/m1/s1. The van der Waals surface area contributed by atoms with E-state index >= 15 is 0 Å². The molecular formula is C16H19ClO4. The molecule has 2 atom stereocenters. The maximum atomic E-state index is 11.9. The van der Waals surface area contributed by atoms with Crippen molar-refractivity contribution < 1.29 is 19.1 Å². The molecule has 1 aromatic carbocycles. The number of ether oxygens (including phenoxy) is 1. The number of carbonyl (C=O) groups excluding carboxylic acids is 3. The Labute approximate surface area is 129 Å². The van der Waals surface area contributed by atoms with Gasteiger partial charge in [0.15, 0.2) is 0 Å². The van der Waals surface area contributed by atoms with Crippen molar-refractivity contribution in [3.05, 3.63) is 34.9 Å². The van der Waals surface area contributed by atoms with Crippen LogP contribution in [-0.2, 0) is 19.1 Å². The molecule has 114 valence electrons. The molecule has 0 N–H and O–H groups in total. The Morgan fingerprint density at radius 2 is 1.81 bits per heavy atom. The average Bonchev–Trinajstić information content (AvgIpc) is 2.46. The molecular weight excluding hydrogens is 292 g/mol. The third kappa shape index (κ3) is 4.67. The minimum Gasteiger partial charge on any atom is -0.463 e. The van der Waals surface area contributed by atoms with Crippen LogP contribution in [0.2, 0.25) is 5.02 Å². The van der Waals surface area contributed by atoms with Gasteiger partial charge in [-0.2, -0.15) is 0 Å². The van der Waals surface area contributed by atoms with E-state index in [1.165, 1.54) is 0 Å². The van der Waals surface area contributed by atoms with Gasteiger partial charge in [0.25, 0.3) is 0 Å². The van der Waals surface area contributed by atoms with Gasteiger partial charge < -0.3 is 9.53 Å². The number of hydrogen-bond donors (Lipinski definition) is 0. The largest absolute Gasteiger partial charge is 0.463 e. The SMILES string of the molecule is COC(=O)C(=O)C[C@H](c1ccc(Cl)cc1)[C@H](C=O)C(C)C. The molecule has 0 aliphatic rings. The Balaban J connectivity index is 3.10. The van der Waals surface area contributed by atoms with E-state index in [2.05, 4.69) is 4.74 Å². The zero-order valence-corrected chi connectivity index (χ0v) is 13.1. The number of methoxy groups -OCH3 is 1. The zero-order valence-electron chi connectivity index (χ0n) is 12.3. The fourth-order valence-electron chi connectivity index (χ4n) is 2.30. The van der Waals surface area contributed by atoms with Gasteiger partial charge in [-0.3, -0.25) is 4.79 Å². The first kappa shape index (κ1) is 17.4. The van der Waals surface area contributed by atoms with Crippen molar-refractivity contribution in [3.63, 3.8) is 0 Å². The van der Waals surface area contributed by atoms with Crippen LogP contribution >= 0.6 is 11.6 Å². The van der Waals surface area contributed by atoms with Gasteiger partial charge in [0.2, 0.25) is 5.78 Å². The van der Waals surface area contributed by atoms with E-state index in [1.807, 2.05) is 13.8 Å². The van der Waals surface area contributed by atoms with Crippen LogP contribution in [0, 0.1) is 11.8 Å². The summed E-state index contributed by atoms with van der Waals surface area (Å²) in [5.41, 5.74) is 0.808. The lowest BCUT2D eigenvalue weighted by atomic mass is 9.77. The first-order valence-electron chi connectivity index (χ1n) is 6.72. The summed E-state index contributed by atoms with van der Waals surface area (Å²) >= 11 is 5.86. The highest BCUT2D eigenvalue weighted by molar-refractivity contribution is 6.33. The summed E-state index contributed by atoms with van der Waals surface area (Å²) in [6.07, 6.45) is 0.782. The second-order valence-corrected chi connectivity index (χ2v) is 5.67. The first-order valence-corrected chi connectivity index (χ1v) is 7.10. The fraction of sp³-hybridized carbons (Fsp3) is 0.438. The Kier molecular flexibility index (Phi) is 6.56. The normalized spacial score (nSPS) is 13.6. The summed E-state index contributed by atoms with van der Waals surface area (Å²) in [4.78, 5) is 34.6. The molecule has 0 amide bonds. The van der Waals surface area contributed by atoms with Gasteiger partial charge in [0.1, 0.15) is 6.29 Å². The first-order chi connectivity index (χ1) is 9.90. The molecule has 0 aliphatic heterocycles. The van der Waals surface area contributed by atoms with Crippen molar-refractivity contribution in [2.45, 2.75) is 26.2 Å². The Morgan fingerprint density at radius 3 is 2.24 bits per heavy atom. The summed E-state index contributed by atoms with van der Waals surface area (Å²) in [5, 5.41) is 0.573. The van der Waals surface area contributed by atoms with Crippen LogP contribution in [0.1, 0.15) is 31.7 Å². The maximum Gasteiger partial charge on any atom is 0.374 e. The molecule has 4 nitrogen and oxygen atoms in total. The van der Waals surface area contributed by atoms with Crippen LogP contribution in [0.4, 0.5) is 0 Å². The molecule has 0 heterocycles. The molecule has 1 aromatic rings. The van der Waals surface area contributed by atoms with Gasteiger partial charge in [0, 0.05) is 23.3 Å². The lowest BCUT2D eigenvalue weighted by molar-refractivity contribution is -0.152. The molecule has 0 aromatic heterocycles. The van der Waals surface area contributed by atoms with Crippen LogP contribution < -0.4 is 0 Å². The number of Topliss-reactive ketones (excluding diaryl/α,β-unsaturated/α-hetero) is 1. The summed E-state index contributed by atoms with van der Waals surface area (Å²) in [5.74, 6) is -2.20. The van der Waals surface area contributed by atoms with E-state index in [-0.39, 0.29) is 24.2 Å². The minimum absolute atomic E-state index is 0.0497. The zero-order chi connectivity index (χ0) is 16.0. The summed E-state index contributed by atoms with van der Waals surface area (Å²) in [6, 6.07) is 6.95. The smallest absolute Gasteiger partial charge is 0.374 e. The number of carbonyl (C=O) groups is 3. The second-order valence-electron chi connectivity index (χ2n) is 5.23. The molecule has 0 radical (unpaired) electrons. The molecule has 0 spiro atoms. The molecule has 0 saturated heterocycles. The van der Waals surface area contributed by atoms with Gasteiger partial charge >= 0.3 is 5.97 Å². The summed E-state index contributed by atoms with van der Waals surface area (Å²) in [6.45, 7) is 3.81. The Morgan fingerprint density at radius 1 is 1.24 bits per heavy atom. The van der Waals surface area contributed by atoms with Crippen LogP contribution in [0.3, 0.4) is 0 Å². The molecule has 0 aliphatic carbocycles. The number of rotatable bonds is 7. The number of ketones is 1. The number of hydrogen-bond acceptors (Lipinski definition) is 4. The predicted octanol–water partition coefficient (Wildman–Crippen LogP) is 3.03. The van der Waals surface area contributed by atoms with E-state index in [4.69, 9.17) is 11.6 Å². The Bertz CT molecular complexity index is 508. The number of halogens is 1. The second kappa shape index (κ2) is 7.93. The molecule has 0 fully saturated rings. The summed E-state index contributed by atoms with van der Waals surface area (Å²) < 4.78 is 4.44. The lowest BCUT2D eigenvalue weighted by Gasteiger charge is -2.25. The van der Waals surface area contributed by atoms with Gasteiger partial charge in [-0.05, 0) is 23.6 Å². The Hall–Kier alpha value is -1.68. The van der Waals surface area contributed by atoms with Crippen LogP contribution in [0.15, 0.2) is 24.3 Å². The van der Waals surface area contributed by atoms with E-state index < -0.39 is 11.8 Å². The summed E-state index contributed by atoms with van der Waals surface area (Å²) in [7, 11) is 1.16. The van der Waals surface area contributed by atoms with Crippen LogP contribution in [-0.4, -0.2) is 25.1 Å². The van der Waals surface area contributed by atoms with E-state index in [9.17, 15) is 14.4 Å². The van der Waals surface area contributed by atoms with Crippen LogP contribution in [0.5, 0.6) is 0 Å². The van der Waals surface area contributed by atoms with Crippen molar-refractivity contribution in [1.29, 1.82) is 0 Å². The fourth-order valence-corrected chi connectivity index (χ4v) is 2.43. The maximum absolute atomic E-state index is 11.9. The van der Waals surface area contributed by atoms with Crippen molar-refractivity contribution in [1.82, 2.24) is 0 Å². The third-order valence-corrected chi connectivity index (χ3v) is 3.76. The van der Waals surface area contributed by atoms with Gasteiger partial charge in [-0.1, -0.05) is 37.6 Å².